The maximum atomic E-state index is 5.83. The van der Waals surface area contributed by atoms with Gasteiger partial charge in [-0.15, -0.1) is 11.3 Å². The van der Waals surface area contributed by atoms with Crippen LogP contribution in [0.15, 0.2) is 17.5 Å². The number of hydrogen-bond donors (Lipinski definition) is 1. The van der Waals surface area contributed by atoms with Crippen LogP contribution < -0.4 is 5.73 Å². The molecule has 0 radical (unpaired) electrons. The molecule has 0 fully saturated rings. The van der Waals surface area contributed by atoms with Crippen molar-refractivity contribution in [3.05, 3.63) is 22.4 Å². The van der Waals surface area contributed by atoms with Crippen LogP contribution in [0.3, 0.4) is 0 Å². The smallest absolute Gasteiger partial charge is 0.0112 e. The molecule has 0 aliphatic carbocycles. The van der Waals surface area contributed by atoms with Crippen molar-refractivity contribution in [1.29, 1.82) is 0 Å². The molecule has 2 N–H and O–H groups in total. The highest BCUT2D eigenvalue weighted by atomic mass is 32.1. The summed E-state index contributed by atoms with van der Waals surface area (Å²) in [7, 11) is 2.21. The number of thiophene rings is 1. The molecule has 2 nitrogen and oxygen atoms in total. The van der Waals surface area contributed by atoms with Gasteiger partial charge in [0.1, 0.15) is 0 Å². The van der Waals surface area contributed by atoms with Crippen LogP contribution in [-0.2, 0) is 6.42 Å². The quantitative estimate of drug-likeness (QED) is 0.811. The van der Waals surface area contributed by atoms with Crippen molar-refractivity contribution in [3.63, 3.8) is 0 Å². The Hall–Kier alpha value is -0.380. The summed E-state index contributed by atoms with van der Waals surface area (Å²) in [5.74, 6) is 1.27. The molecule has 3 heteroatoms. The average Bonchev–Trinajstić information content (AvgIpc) is 2.77. The van der Waals surface area contributed by atoms with Crippen molar-refractivity contribution < 1.29 is 0 Å². The molecule has 17 heavy (non-hydrogen) atoms. The van der Waals surface area contributed by atoms with Crippen LogP contribution in [0.4, 0.5) is 0 Å². The van der Waals surface area contributed by atoms with E-state index in [-0.39, 0.29) is 0 Å². The first kappa shape index (κ1) is 14.7. The molecule has 1 aromatic heterocycles. The Morgan fingerprint density at radius 3 is 2.53 bits per heavy atom. The third-order valence-electron chi connectivity index (χ3n) is 3.60. The number of nitrogens with zero attached hydrogens (tertiary/aromatic N) is 1. The molecule has 0 amide bonds. The van der Waals surface area contributed by atoms with E-state index in [9.17, 15) is 0 Å². The van der Waals surface area contributed by atoms with Crippen LogP contribution in [0.25, 0.3) is 0 Å². The number of nitrogens with two attached hydrogens (primary N) is 1. The van der Waals surface area contributed by atoms with Crippen molar-refractivity contribution in [3.8, 4) is 0 Å². The van der Waals surface area contributed by atoms with Gasteiger partial charge in [0.2, 0.25) is 0 Å². The first-order chi connectivity index (χ1) is 8.04. The van der Waals surface area contributed by atoms with Gasteiger partial charge in [0.15, 0.2) is 0 Å². The number of rotatable bonds is 7. The van der Waals surface area contributed by atoms with Gasteiger partial charge in [-0.05, 0) is 50.2 Å². The molecule has 2 atom stereocenters. The second-order valence-electron chi connectivity index (χ2n) is 5.31. The van der Waals surface area contributed by atoms with Gasteiger partial charge in [-0.3, -0.25) is 0 Å². The Morgan fingerprint density at radius 2 is 2.06 bits per heavy atom. The molecular weight excluding hydrogens is 228 g/mol. The highest BCUT2D eigenvalue weighted by Gasteiger charge is 2.17. The lowest BCUT2D eigenvalue weighted by Crippen LogP contribution is -2.38. The third-order valence-corrected chi connectivity index (χ3v) is 4.50. The van der Waals surface area contributed by atoms with Crippen molar-refractivity contribution in [1.82, 2.24) is 4.90 Å². The molecule has 98 valence electrons. The first-order valence-electron chi connectivity index (χ1n) is 6.47. The lowest BCUT2D eigenvalue weighted by atomic mass is 9.95. The SMILES string of the molecule is CC(C)C(CN)CN(C)C(C)Cc1cccs1. The Bertz CT molecular complexity index is 295. The fraction of sp³-hybridized carbons (Fsp3) is 0.714. The first-order valence-corrected chi connectivity index (χ1v) is 7.35. The Labute approximate surface area is 110 Å². The normalized spacial score (nSPS) is 15.5. The summed E-state index contributed by atoms with van der Waals surface area (Å²) in [4.78, 5) is 3.91. The summed E-state index contributed by atoms with van der Waals surface area (Å²) in [6, 6.07) is 4.93. The van der Waals surface area contributed by atoms with E-state index in [0.29, 0.717) is 17.9 Å². The molecule has 1 heterocycles. The minimum Gasteiger partial charge on any atom is -0.330 e. The van der Waals surface area contributed by atoms with Gasteiger partial charge in [0.05, 0.1) is 0 Å². The zero-order valence-corrected chi connectivity index (χ0v) is 12.3. The monoisotopic (exact) mass is 254 g/mol. The fourth-order valence-electron chi connectivity index (χ4n) is 1.98. The minimum absolute atomic E-state index is 0.585. The van der Waals surface area contributed by atoms with Crippen molar-refractivity contribution >= 4 is 11.3 Å². The van der Waals surface area contributed by atoms with E-state index < -0.39 is 0 Å². The van der Waals surface area contributed by atoms with E-state index in [1.807, 2.05) is 11.3 Å². The summed E-state index contributed by atoms with van der Waals surface area (Å²) in [6.07, 6.45) is 1.14. The van der Waals surface area contributed by atoms with Gasteiger partial charge in [-0.25, -0.2) is 0 Å². The van der Waals surface area contributed by atoms with Crippen LogP contribution >= 0.6 is 11.3 Å². The maximum absolute atomic E-state index is 5.83. The molecule has 0 aliphatic heterocycles. The van der Waals surface area contributed by atoms with Gasteiger partial charge in [0, 0.05) is 17.5 Å². The van der Waals surface area contributed by atoms with Crippen LogP contribution in [-0.4, -0.2) is 31.1 Å². The van der Waals surface area contributed by atoms with Crippen LogP contribution in [0.2, 0.25) is 0 Å². The lowest BCUT2D eigenvalue weighted by molar-refractivity contribution is 0.194. The van der Waals surface area contributed by atoms with E-state index in [1.54, 1.807) is 0 Å². The van der Waals surface area contributed by atoms with Gasteiger partial charge >= 0.3 is 0 Å². The summed E-state index contributed by atoms with van der Waals surface area (Å²) in [6.45, 7) is 8.70. The average molecular weight is 254 g/mol. The van der Waals surface area contributed by atoms with Crippen molar-refractivity contribution in [2.45, 2.75) is 33.2 Å². The summed E-state index contributed by atoms with van der Waals surface area (Å²) < 4.78 is 0. The number of likely N-dealkylation sites (N-methyl/N-ethyl adjacent to an activating group) is 1. The van der Waals surface area contributed by atoms with Crippen LogP contribution in [0.1, 0.15) is 25.6 Å². The number of hydrogen-bond acceptors (Lipinski definition) is 3. The molecule has 0 spiro atoms. The van der Waals surface area contributed by atoms with E-state index in [4.69, 9.17) is 5.73 Å². The second kappa shape index (κ2) is 7.14. The molecule has 0 bridgehead atoms. The fourth-order valence-corrected chi connectivity index (χ4v) is 2.81. The van der Waals surface area contributed by atoms with E-state index in [1.165, 1.54) is 4.88 Å². The highest BCUT2D eigenvalue weighted by Crippen LogP contribution is 2.16. The standard InChI is InChI=1S/C14H26N2S/c1-11(2)13(9-15)10-16(4)12(3)8-14-6-5-7-17-14/h5-7,11-13H,8-10,15H2,1-4H3. The highest BCUT2D eigenvalue weighted by molar-refractivity contribution is 7.09. The molecule has 1 rings (SSSR count). The van der Waals surface area contributed by atoms with Crippen LogP contribution in [0, 0.1) is 11.8 Å². The van der Waals surface area contributed by atoms with Gasteiger partial charge in [-0.1, -0.05) is 19.9 Å². The minimum atomic E-state index is 0.585. The molecule has 0 saturated heterocycles. The topological polar surface area (TPSA) is 29.3 Å². The third kappa shape index (κ3) is 4.78. The molecule has 0 aromatic carbocycles. The van der Waals surface area contributed by atoms with E-state index in [0.717, 1.165) is 19.5 Å². The molecule has 0 saturated carbocycles. The Morgan fingerprint density at radius 1 is 1.35 bits per heavy atom. The lowest BCUT2D eigenvalue weighted by Gasteiger charge is -2.30. The van der Waals surface area contributed by atoms with Crippen molar-refractivity contribution in [2.24, 2.45) is 17.6 Å². The Kier molecular flexibility index (Phi) is 6.17. The molecule has 0 aliphatic rings. The zero-order valence-electron chi connectivity index (χ0n) is 11.5. The van der Waals surface area contributed by atoms with Crippen LogP contribution in [0.5, 0.6) is 0 Å². The Balaban J connectivity index is 2.43. The predicted molar refractivity (Wildman–Crippen MR) is 77.5 cm³/mol. The van der Waals surface area contributed by atoms with Crippen molar-refractivity contribution in [2.75, 3.05) is 20.1 Å². The summed E-state index contributed by atoms with van der Waals surface area (Å²) in [5.41, 5.74) is 5.83. The zero-order chi connectivity index (χ0) is 12.8. The molecule has 1 aromatic rings. The van der Waals surface area contributed by atoms with E-state index in [2.05, 4.69) is 50.2 Å². The van der Waals surface area contributed by atoms with Gasteiger partial charge < -0.3 is 10.6 Å². The second-order valence-corrected chi connectivity index (χ2v) is 6.34. The summed E-state index contributed by atoms with van der Waals surface area (Å²) in [5, 5.41) is 2.15. The van der Waals surface area contributed by atoms with Gasteiger partial charge in [-0.2, -0.15) is 0 Å². The van der Waals surface area contributed by atoms with Gasteiger partial charge in [0.25, 0.3) is 0 Å². The van der Waals surface area contributed by atoms with E-state index >= 15 is 0 Å². The molecular formula is C14H26N2S. The summed E-state index contributed by atoms with van der Waals surface area (Å²) >= 11 is 1.85. The molecule has 2 unspecified atom stereocenters. The predicted octanol–water partition coefficient (Wildman–Crippen LogP) is 2.84. The maximum Gasteiger partial charge on any atom is 0.0112 e. The largest absolute Gasteiger partial charge is 0.330 e.